The molecule has 0 radical (unpaired) electrons. The Balaban J connectivity index is 1.62. The lowest BCUT2D eigenvalue weighted by Crippen LogP contribution is -2.04. The number of oxazole rings is 1. The molecule has 0 aliphatic rings. The van der Waals surface area contributed by atoms with Crippen molar-refractivity contribution in [1.82, 2.24) is 4.98 Å². The number of hydrogen-bond acceptors (Lipinski definition) is 4. The zero-order valence-electron chi connectivity index (χ0n) is 14.8. The van der Waals surface area contributed by atoms with Crippen LogP contribution in [0.3, 0.4) is 0 Å². The van der Waals surface area contributed by atoms with E-state index in [9.17, 15) is 4.79 Å². The molecule has 6 nitrogen and oxygen atoms in total. The maximum atomic E-state index is 10.8. The summed E-state index contributed by atoms with van der Waals surface area (Å²) >= 11 is 0. The number of carboxylic acid groups (broad SMARTS) is 1. The van der Waals surface area contributed by atoms with Crippen LogP contribution >= 0.6 is 0 Å². The largest absolute Gasteiger partial charge is 0.493 e. The highest BCUT2D eigenvalue weighted by Crippen LogP contribution is 2.24. The summed E-state index contributed by atoms with van der Waals surface area (Å²) in [5.41, 5.74) is 2.89. The fourth-order valence-electron chi connectivity index (χ4n) is 2.65. The molecule has 27 heavy (non-hydrogen) atoms. The third-order valence-corrected chi connectivity index (χ3v) is 4.00. The Labute approximate surface area is 156 Å². The molecule has 0 spiro atoms. The summed E-state index contributed by atoms with van der Waals surface area (Å²) < 4.78 is 11.5. The second kappa shape index (κ2) is 8.19. The molecule has 0 unspecified atom stereocenters. The summed E-state index contributed by atoms with van der Waals surface area (Å²) in [6.07, 6.45) is 0.536. The molecule has 0 bridgehead atoms. The van der Waals surface area contributed by atoms with Crippen LogP contribution in [-0.4, -0.2) is 22.7 Å². The fourth-order valence-corrected chi connectivity index (χ4v) is 2.65. The predicted molar refractivity (Wildman–Crippen MR) is 99.9 cm³/mol. The molecule has 6 heteroatoms. The number of aromatic nitrogens is 1. The molecule has 3 aromatic rings. The van der Waals surface area contributed by atoms with Crippen LogP contribution < -0.4 is 4.74 Å². The first-order chi connectivity index (χ1) is 13.0. The molecule has 0 aliphatic carbocycles. The number of nitrogens with zero attached hydrogens (tertiary/aromatic N) is 2. The summed E-state index contributed by atoms with van der Waals surface area (Å²) in [5.74, 6) is 0.997. The van der Waals surface area contributed by atoms with E-state index in [-0.39, 0.29) is 6.42 Å². The summed E-state index contributed by atoms with van der Waals surface area (Å²) in [4.78, 5) is 18.7. The number of rotatable bonds is 7. The van der Waals surface area contributed by atoms with Crippen molar-refractivity contribution in [2.24, 2.45) is 0 Å². The van der Waals surface area contributed by atoms with E-state index in [2.05, 4.69) is 9.83 Å². The number of aryl methyl sites for hydroxylation is 1. The second-order valence-electron chi connectivity index (χ2n) is 6.00. The third-order valence-electron chi connectivity index (χ3n) is 4.00. The van der Waals surface area contributed by atoms with Gasteiger partial charge in [0.15, 0.2) is 5.69 Å². The van der Waals surface area contributed by atoms with E-state index in [0.29, 0.717) is 35.9 Å². The first-order valence-electron chi connectivity index (χ1n) is 8.43. The zero-order valence-corrected chi connectivity index (χ0v) is 14.8. The van der Waals surface area contributed by atoms with Gasteiger partial charge in [0.1, 0.15) is 11.5 Å². The van der Waals surface area contributed by atoms with Crippen molar-refractivity contribution in [2.75, 3.05) is 6.61 Å². The van der Waals surface area contributed by atoms with E-state index < -0.39 is 5.97 Å². The van der Waals surface area contributed by atoms with Crippen LogP contribution in [-0.2, 0) is 17.6 Å². The minimum Gasteiger partial charge on any atom is -0.493 e. The normalized spacial score (nSPS) is 10.4. The minimum absolute atomic E-state index is 0.0325. The third kappa shape index (κ3) is 4.73. The first kappa shape index (κ1) is 18.2. The van der Waals surface area contributed by atoms with Gasteiger partial charge < -0.3 is 14.3 Å². The average Bonchev–Trinajstić information content (AvgIpc) is 3.02. The van der Waals surface area contributed by atoms with Gasteiger partial charge in [0.05, 0.1) is 25.3 Å². The molecule has 0 aliphatic heterocycles. The number of carbonyl (C=O) groups is 1. The van der Waals surface area contributed by atoms with E-state index in [4.69, 9.17) is 20.8 Å². The number of aliphatic carboxylic acids is 1. The molecular formula is C21H18N2O4. The highest BCUT2D eigenvalue weighted by atomic mass is 16.5. The van der Waals surface area contributed by atoms with Crippen LogP contribution in [0.2, 0.25) is 0 Å². The Kier molecular flexibility index (Phi) is 5.53. The SMILES string of the molecule is [C-]#[N+]c1ccc(-c2nc(CCOc3cccc(CC(=O)O)c3)c(C)o2)cc1. The molecular weight excluding hydrogens is 344 g/mol. The standard InChI is InChI=1S/C21H18N2O4/c1-14-19(23-21(27-14)16-6-8-17(22-2)9-7-16)10-11-26-18-5-3-4-15(12-18)13-20(24)25/h3-9,12H,10-11,13H2,1H3,(H,24,25). The van der Waals surface area contributed by atoms with Crippen LogP contribution in [0.4, 0.5) is 5.69 Å². The van der Waals surface area contributed by atoms with Crippen LogP contribution in [0.5, 0.6) is 5.75 Å². The summed E-state index contributed by atoms with van der Waals surface area (Å²) in [6.45, 7) is 9.25. The highest BCUT2D eigenvalue weighted by Gasteiger charge is 2.12. The first-order valence-corrected chi connectivity index (χ1v) is 8.43. The van der Waals surface area contributed by atoms with E-state index >= 15 is 0 Å². The van der Waals surface area contributed by atoms with Gasteiger partial charge in [0.25, 0.3) is 0 Å². The zero-order chi connectivity index (χ0) is 19.2. The number of carboxylic acids is 1. The Morgan fingerprint density at radius 3 is 2.74 bits per heavy atom. The average molecular weight is 362 g/mol. The minimum atomic E-state index is -0.873. The highest BCUT2D eigenvalue weighted by molar-refractivity contribution is 5.70. The van der Waals surface area contributed by atoms with Gasteiger partial charge in [0.2, 0.25) is 5.89 Å². The van der Waals surface area contributed by atoms with Crippen molar-refractivity contribution >= 4 is 11.7 Å². The van der Waals surface area contributed by atoms with Gasteiger partial charge in [-0.05, 0) is 24.6 Å². The molecule has 0 saturated heterocycles. The van der Waals surface area contributed by atoms with Crippen molar-refractivity contribution in [2.45, 2.75) is 19.8 Å². The fraction of sp³-hybridized carbons (Fsp3) is 0.190. The van der Waals surface area contributed by atoms with Crippen molar-refractivity contribution < 1.29 is 19.1 Å². The number of benzene rings is 2. The predicted octanol–water partition coefficient (Wildman–Crippen LogP) is 4.45. The maximum absolute atomic E-state index is 10.8. The molecule has 3 rings (SSSR count). The molecule has 1 aromatic heterocycles. The summed E-state index contributed by atoms with van der Waals surface area (Å²) in [6, 6.07) is 14.1. The Bertz CT molecular complexity index is 984. The Hall–Kier alpha value is -3.59. The molecule has 0 amide bonds. The van der Waals surface area contributed by atoms with Gasteiger partial charge in [-0.15, -0.1) is 0 Å². The Morgan fingerprint density at radius 2 is 2.04 bits per heavy atom. The summed E-state index contributed by atoms with van der Waals surface area (Å²) in [5, 5.41) is 8.86. The van der Waals surface area contributed by atoms with E-state index in [1.807, 2.05) is 19.1 Å². The van der Waals surface area contributed by atoms with Gasteiger partial charge in [-0.25, -0.2) is 9.83 Å². The lowest BCUT2D eigenvalue weighted by atomic mass is 10.1. The lowest BCUT2D eigenvalue weighted by Gasteiger charge is -2.06. The maximum Gasteiger partial charge on any atom is 0.307 e. The van der Waals surface area contributed by atoms with Crippen LogP contribution in [0.15, 0.2) is 52.9 Å². The monoisotopic (exact) mass is 362 g/mol. The van der Waals surface area contributed by atoms with Gasteiger partial charge in [-0.1, -0.05) is 36.4 Å². The van der Waals surface area contributed by atoms with E-state index in [0.717, 1.165) is 17.0 Å². The van der Waals surface area contributed by atoms with Crippen LogP contribution in [0, 0.1) is 13.5 Å². The topological polar surface area (TPSA) is 76.9 Å². The molecule has 1 N–H and O–H groups in total. The van der Waals surface area contributed by atoms with Crippen LogP contribution in [0.25, 0.3) is 16.3 Å². The van der Waals surface area contributed by atoms with Crippen molar-refractivity contribution in [3.8, 4) is 17.2 Å². The summed E-state index contributed by atoms with van der Waals surface area (Å²) in [7, 11) is 0. The smallest absolute Gasteiger partial charge is 0.307 e. The van der Waals surface area contributed by atoms with Gasteiger partial charge in [0, 0.05) is 12.0 Å². The molecule has 0 atom stereocenters. The van der Waals surface area contributed by atoms with Crippen LogP contribution in [0.1, 0.15) is 17.0 Å². The second-order valence-corrected chi connectivity index (χ2v) is 6.00. The molecule has 2 aromatic carbocycles. The Morgan fingerprint density at radius 1 is 1.26 bits per heavy atom. The van der Waals surface area contributed by atoms with Gasteiger partial charge in [-0.2, -0.15) is 0 Å². The quantitative estimate of drug-likeness (QED) is 0.628. The van der Waals surface area contributed by atoms with Crippen molar-refractivity contribution in [3.05, 3.63) is 77.0 Å². The van der Waals surface area contributed by atoms with Gasteiger partial charge in [-0.3, -0.25) is 4.79 Å². The molecule has 0 fully saturated rings. The number of ether oxygens (including phenoxy) is 1. The molecule has 0 saturated carbocycles. The van der Waals surface area contributed by atoms with Gasteiger partial charge >= 0.3 is 5.97 Å². The molecule has 1 heterocycles. The lowest BCUT2D eigenvalue weighted by molar-refractivity contribution is -0.136. The number of hydrogen-bond donors (Lipinski definition) is 1. The van der Waals surface area contributed by atoms with E-state index in [1.54, 1.807) is 36.4 Å². The van der Waals surface area contributed by atoms with E-state index in [1.165, 1.54) is 0 Å². The van der Waals surface area contributed by atoms with Crippen molar-refractivity contribution in [1.29, 1.82) is 0 Å². The van der Waals surface area contributed by atoms with Crippen molar-refractivity contribution in [3.63, 3.8) is 0 Å². The molecule has 136 valence electrons.